The quantitative estimate of drug-likeness (QED) is 0.899. The lowest BCUT2D eigenvalue weighted by atomic mass is 10.0. The van der Waals surface area contributed by atoms with Gasteiger partial charge in [-0.25, -0.2) is 0 Å². The van der Waals surface area contributed by atoms with Crippen LogP contribution in [0, 0.1) is 0 Å². The number of benzene rings is 1. The van der Waals surface area contributed by atoms with Crippen molar-refractivity contribution >= 4 is 0 Å². The molecule has 1 aromatic carbocycles. The largest absolute Gasteiger partial charge is 0.494 e. The Bertz CT molecular complexity index is 517. The van der Waals surface area contributed by atoms with E-state index < -0.39 is 6.10 Å². The Hall–Kier alpha value is -1.81. The van der Waals surface area contributed by atoms with Crippen LogP contribution in [-0.2, 0) is 0 Å². The molecule has 0 spiro atoms. The molecular weight excluding hydrogens is 240 g/mol. The Labute approximate surface area is 113 Å². The number of hydrogen-bond donors (Lipinski definition) is 1. The summed E-state index contributed by atoms with van der Waals surface area (Å²) in [6.45, 7) is 6.70. The van der Waals surface area contributed by atoms with Crippen LogP contribution in [0.15, 0.2) is 36.7 Å². The summed E-state index contributed by atoms with van der Waals surface area (Å²) >= 11 is 0. The first kappa shape index (κ1) is 13.6. The Morgan fingerprint density at radius 3 is 2.42 bits per heavy atom. The maximum absolute atomic E-state index is 10.3. The van der Waals surface area contributed by atoms with Crippen LogP contribution in [0.2, 0.25) is 0 Å². The van der Waals surface area contributed by atoms with E-state index in [4.69, 9.17) is 4.74 Å². The Kier molecular flexibility index (Phi) is 4.22. The zero-order valence-corrected chi connectivity index (χ0v) is 11.6. The summed E-state index contributed by atoms with van der Waals surface area (Å²) in [7, 11) is 0. The lowest BCUT2D eigenvalue weighted by molar-refractivity contribution is 0.220. The molecule has 1 aromatic heterocycles. The summed E-state index contributed by atoms with van der Waals surface area (Å²) in [5.41, 5.74) is 1.64. The molecule has 0 amide bonds. The molecule has 1 unspecified atom stereocenters. The molecule has 0 fully saturated rings. The maximum atomic E-state index is 10.3. The number of aliphatic hydroxyl groups is 1. The van der Waals surface area contributed by atoms with Crippen molar-refractivity contribution in [1.82, 2.24) is 9.78 Å². The molecule has 0 bridgehead atoms. The molecule has 2 rings (SSSR count). The molecular formula is C15H20N2O2. The fourth-order valence-corrected chi connectivity index (χ4v) is 1.88. The minimum Gasteiger partial charge on any atom is -0.494 e. The predicted octanol–water partition coefficient (Wildman–Crippen LogP) is 2.94. The highest BCUT2D eigenvalue weighted by Gasteiger charge is 2.13. The molecule has 0 radical (unpaired) electrons. The standard InChI is InChI=1S/C15H20N2O2/c1-4-19-14-7-5-12(6-8-14)15(18)13-9-16-17(10-13)11(2)3/h5-11,15,18H,4H2,1-3H3. The number of nitrogens with zero attached hydrogens (tertiary/aromatic N) is 2. The van der Waals surface area contributed by atoms with E-state index in [1.807, 2.05) is 42.1 Å². The molecule has 0 aliphatic carbocycles. The van der Waals surface area contributed by atoms with E-state index in [2.05, 4.69) is 18.9 Å². The monoisotopic (exact) mass is 260 g/mol. The van der Waals surface area contributed by atoms with E-state index >= 15 is 0 Å². The van der Waals surface area contributed by atoms with Crippen LogP contribution in [0.25, 0.3) is 0 Å². The second kappa shape index (κ2) is 5.89. The normalized spacial score (nSPS) is 12.7. The van der Waals surface area contributed by atoms with Crippen molar-refractivity contribution < 1.29 is 9.84 Å². The van der Waals surface area contributed by atoms with E-state index in [1.54, 1.807) is 6.20 Å². The van der Waals surface area contributed by atoms with Gasteiger partial charge in [0.2, 0.25) is 0 Å². The highest BCUT2D eigenvalue weighted by atomic mass is 16.5. The third-order valence-corrected chi connectivity index (χ3v) is 2.97. The minimum atomic E-state index is -0.650. The second-order valence-corrected chi connectivity index (χ2v) is 4.75. The van der Waals surface area contributed by atoms with Crippen molar-refractivity contribution in [2.75, 3.05) is 6.61 Å². The van der Waals surface area contributed by atoms with Gasteiger partial charge in [0.15, 0.2) is 0 Å². The van der Waals surface area contributed by atoms with Gasteiger partial charge in [0.25, 0.3) is 0 Å². The van der Waals surface area contributed by atoms with Gasteiger partial charge in [0, 0.05) is 17.8 Å². The fraction of sp³-hybridized carbons (Fsp3) is 0.400. The van der Waals surface area contributed by atoms with Crippen LogP contribution in [0.3, 0.4) is 0 Å². The van der Waals surface area contributed by atoms with Crippen LogP contribution in [0.4, 0.5) is 0 Å². The van der Waals surface area contributed by atoms with Gasteiger partial charge in [-0.2, -0.15) is 5.10 Å². The lowest BCUT2D eigenvalue weighted by Crippen LogP contribution is -2.01. The zero-order valence-electron chi connectivity index (χ0n) is 11.6. The molecule has 4 heteroatoms. The first-order valence-electron chi connectivity index (χ1n) is 6.56. The molecule has 0 aliphatic heterocycles. The molecule has 0 saturated carbocycles. The first-order valence-corrected chi connectivity index (χ1v) is 6.56. The third kappa shape index (κ3) is 3.15. The van der Waals surface area contributed by atoms with Gasteiger partial charge in [-0.1, -0.05) is 12.1 Å². The van der Waals surface area contributed by atoms with Crippen LogP contribution >= 0.6 is 0 Å². The topological polar surface area (TPSA) is 47.3 Å². The van der Waals surface area contributed by atoms with Crippen molar-refractivity contribution in [3.63, 3.8) is 0 Å². The summed E-state index contributed by atoms with van der Waals surface area (Å²) in [4.78, 5) is 0. The average Bonchev–Trinajstić information content (AvgIpc) is 2.89. The molecule has 0 aliphatic rings. The minimum absolute atomic E-state index is 0.293. The average molecular weight is 260 g/mol. The Morgan fingerprint density at radius 2 is 1.89 bits per heavy atom. The smallest absolute Gasteiger partial charge is 0.119 e. The SMILES string of the molecule is CCOc1ccc(C(O)c2cnn(C(C)C)c2)cc1. The Balaban J connectivity index is 2.15. The molecule has 0 saturated heterocycles. The molecule has 19 heavy (non-hydrogen) atoms. The summed E-state index contributed by atoms with van der Waals surface area (Å²) < 4.78 is 7.22. The van der Waals surface area contributed by atoms with Gasteiger partial charge in [-0.15, -0.1) is 0 Å². The van der Waals surface area contributed by atoms with Crippen molar-refractivity contribution in [2.24, 2.45) is 0 Å². The number of aliphatic hydroxyl groups excluding tert-OH is 1. The van der Waals surface area contributed by atoms with Gasteiger partial charge in [-0.3, -0.25) is 4.68 Å². The van der Waals surface area contributed by atoms with Crippen molar-refractivity contribution in [3.05, 3.63) is 47.8 Å². The van der Waals surface area contributed by atoms with Crippen LogP contribution in [0.5, 0.6) is 5.75 Å². The highest BCUT2D eigenvalue weighted by molar-refractivity contribution is 5.32. The van der Waals surface area contributed by atoms with Crippen LogP contribution in [-0.4, -0.2) is 21.5 Å². The number of ether oxygens (including phenoxy) is 1. The van der Waals surface area contributed by atoms with Crippen LogP contribution in [0.1, 0.15) is 44.0 Å². The highest BCUT2D eigenvalue weighted by Crippen LogP contribution is 2.24. The van der Waals surface area contributed by atoms with E-state index in [1.165, 1.54) is 0 Å². The fourth-order valence-electron chi connectivity index (χ4n) is 1.88. The van der Waals surface area contributed by atoms with Gasteiger partial charge >= 0.3 is 0 Å². The summed E-state index contributed by atoms with van der Waals surface area (Å²) in [5, 5.41) is 14.6. The molecule has 102 valence electrons. The first-order chi connectivity index (χ1) is 9.11. The lowest BCUT2D eigenvalue weighted by Gasteiger charge is -2.10. The molecule has 4 nitrogen and oxygen atoms in total. The van der Waals surface area contributed by atoms with Crippen molar-refractivity contribution in [2.45, 2.75) is 32.9 Å². The third-order valence-electron chi connectivity index (χ3n) is 2.97. The van der Waals surface area contributed by atoms with E-state index in [9.17, 15) is 5.11 Å². The van der Waals surface area contributed by atoms with Gasteiger partial charge in [0.1, 0.15) is 11.9 Å². The Morgan fingerprint density at radius 1 is 1.21 bits per heavy atom. The molecule has 2 aromatic rings. The summed E-state index contributed by atoms with van der Waals surface area (Å²) in [6.07, 6.45) is 2.94. The maximum Gasteiger partial charge on any atom is 0.119 e. The summed E-state index contributed by atoms with van der Waals surface area (Å²) in [6, 6.07) is 7.79. The van der Waals surface area contributed by atoms with Gasteiger partial charge < -0.3 is 9.84 Å². The number of aromatic nitrogens is 2. The van der Waals surface area contributed by atoms with E-state index in [0.717, 1.165) is 16.9 Å². The predicted molar refractivity (Wildman–Crippen MR) is 74.3 cm³/mol. The van der Waals surface area contributed by atoms with Crippen LogP contribution < -0.4 is 4.74 Å². The van der Waals surface area contributed by atoms with Gasteiger partial charge in [-0.05, 0) is 38.5 Å². The number of hydrogen-bond acceptors (Lipinski definition) is 3. The van der Waals surface area contributed by atoms with Gasteiger partial charge in [0.05, 0.1) is 12.8 Å². The summed E-state index contributed by atoms with van der Waals surface area (Å²) in [5.74, 6) is 0.816. The van der Waals surface area contributed by atoms with Crippen molar-refractivity contribution in [3.8, 4) is 5.75 Å². The molecule has 1 N–H and O–H groups in total. The van der Waals surface area contributed by atoms with Crippen molar-refractivity contribution in [1.29, 1.82) is 0 Å². The van der Waals surface area contributed by atoms with E-state index in [-0.39, 0.29) is 0 Å². The number of rotatable bonds is 5. The van der Waals surface area contributed by atoms with E-state index in [0.29, 0.717) is 12.6 Å². The second-order valence-electron chi connectivity index (χ2n) is 4.75. The zero-order chi connectivity index (χ0) is 13.8. The molecule has 1 atom stereocenters. The molecule has 1 heterocycles.